The van der Waals surface area contributed by atoms with Gasteiger partial charge in [-0.15, -0.1) is 11.3 Å². The summed E-state index contributed by atoms with van der Waals surface area (Å²) in [6.07, 6.45) is 7.82. The van der Waals surface area contributed by atoms with Crippen LogP contribution in [-0.2, 0) is 22.4 Å². The van der Waals surface area contributed by atoms with Gasteiger partial charge in [-0.3, -0.25) is 4.79 Å². The number of unbranched alkanes of at least 4 members (excludes halogenated alkanes) is 1. The standard InChI is InChI=1S/C19H29NO3S/c1-4-7-9-16(21)20-18-17(19(22)23-6-3)14-11-10-13(8-5-2)12-15(14)24-18/h13H,4-12H2,1-3H3,(H,20,21)/t13-/m0/s1. The number of amides is 1. The Morgan fingerprint density at radius 3 is 2.71 bits per heavy atom. The Morgan fingerprint density at radius 2 is 2.04 bits per heavy atom. The Balaban J connectivity index is 2.25. The molecule has 0 radical (unpaired) electrons. The molecular formula is C19H29NO3S. The lowest BCUT2D eigenvalue weighted by atomic mass is 9.84. The summed E-state index contributed by atoms with van der Waals surface area (Å²) in [4.78, 5) is 25.8. The lowest BCUT2D eigenvalue weighted by molar-refractivity contribution is -0.116. The van der Waals surface area contributed by atoms with Gasteiger partial charge in [0, 0.05) is 11.3 Å². The van der Waals surface area contributed by atoms with Gasteiger partial charge < -0.3 is 10.1 Å². The summed E-state index contributed by atoms with van der Waals surface area (Å²) < 4.78 is 5.25. The van der Waals surface area contributed by atoms with Gasteiger partial charge >= 0.3 is 5.97 Å². The molecule has 0 bridgehead atoms. The molecule has 5 heteroatoms. The Kier molecular flexibility index (Phi) is 7.28. The number of rotatable bonds is 8. The summed E-state index contributed by atoms with van der Waals surface area (Å²) in [7, 11) is 0. The highest BCUT2D eigenvalue weighted by Crippen LogP contribution is 2.41. The Hall–Kier alpha value is -1.36. The number of nitrogens with one attached hydrogen (secondary N) is 1. The van der Waals surface area contributed by atoms with Crippen molar-refractivity contribution >= 4 is 28.2 Å². The molecule has 134 valence electrons. The first-order valence-corrected chi connectivity index (χ1v) is 10.0. The van der Waals surface area contributed by atoms with Crippen LogP contribution in [-0.4, -0.2) is 18.5 Å². The lowest BCUT2D eigenvalue weighted by Gasteiger charge is -2.21. The Labute approximate surface area is 149 Å². The van der Waals surface area contributed by atoms with Crippen molar-refractivity contribution in [2.75, 3.05) is 11.9 Å². The normalized spacial score (nSPS) is 16.5. The van der Waals surface area contributed by atoms with Crippen LogP contribution in [0.1, 0.15) is 80.1 Å². The van der Waals surface area contributed by atoms with E-state index < -0.39 is 0 Å². The molecule has 0 saturated heterocycles. The molecule has 1 aliphatic rings. The first-order valence-electron chi connectivity index (χ1n) is 9.22. The monoisotopic (exact) mass is 351 g/mol. The fourth-order valence-corrected chi connectivity index (χ4v) is 4.71. The van der Waals surface area contributed by atoms with Crippen molar-refractivity contribution in [3.8, 4) is 0 Å². The second kappa shape index (κ2) is 9.21. The second-order valence-corrected chi connectivity index (χ2v) is 7.58. The van der Waals surface area contributed by atoms with Gasteiger partial charge in [-0.1, -0.05) is 33.1 Å². The maximum Gasteiger partial charge on any atom is 0.341 e. The maximum atomic E-state index is 12.4. The summed E-state index contributed by atoms with van der Waals surface area (Å²) in [5.74, 6) is 0.390. The molecule has 0 fully saturated rings. The zero-order chi connectivity index (χ0) is 17.5. The first-order chi connectivity index (χ1) is 11.6. The van der Waals surface area contributed by atoms with E-state index in [2.05, 4.69) is 19.2 Å². The van der Waals surface area contributed by atoms with Gasteiger partial charge in [-0.05, 0) is 44.1 Å². The lowest BCUT2D eigenvalue weighted by Crippen LogP contribution is -2.17. The summed E-state index contributed by atoms with van der Waals surface area (Å²) in [6, 6.07) is 0. The molecule has 1 aromatic heterocycles. The van der Waals surface area contributed by atoms with Crippen LogP contribution in [0.4, 0.5) is 5.00 Å². The molecule has 1 aliphatic carbocycles. The van der Waals surface area contributed by atoms with Gasteiger partial charge in [0.25, 0.3) is 0 Å². The van der Waals surface area contributed by atoms with Crippen molar-refractivity contribution in [2.45, 2.75) is 72.1 Å². The predicted molar refractivity (Wildman–Crippen MR) is 98.9 cm³/mol. The van der Waals surface area contributed by atoms with Crippen LogP contribution in [0, 0.1) is 5.92 Å². The van der Waals surface area contributed by atoms with Gasteiger partial charge in [-0.25, -0.2) is 4.79 Å². The van der Waals surface area contributed by atoms with Crippen molar-refractivity contribution in [2.24, 2.45) is 5.92 Å². The van der Waals surface area contributed by atoms with Crippen LogP contribution < -0.4 is 5.32 Å². The second-order valence-electron chi connectivity index (χ2n) is 6.48. The van der Waals surface area contributed by atoms with E-state index in [9.17, 15) is 9.59 Å². The zero-order valence-electron chi connectivity index (χ0n) is 15.1. The zero-order valence-corrected chi connectivity index (χ0v) is 15.9. The van der Waals surface area contributed by atoms with Crippen LogP contribution in [0.15, 0.2) is 0 Å². The van der Waals surface area contributed by atoms with E-state index in [0.717, 1.165) is 37.7 Å². The highest BCUT2D eigenvalue weighted by molar-refractivity contribution is 7.17. The molecule has 0 unspecified atom stereocenters. The number of hydrogen-bond acceptors (Lipinski definition) is 4. The van der Waals surface area contributed by atoms with E-state index in [1.54, 1.807) is 11.3 Å². The van der Waals surface area contributed by atoms with E-state index >= 15 is 0 Å². The average Bonchev–Trinajstić information content (AvgIpc) is 2.90. The van der Waals surface area contributed by atoms with Crippen LogP contribution in [0.2, 0.25) is 0 Å². The van der Waals surface area contributed by atoms with E-state index in [-0.39, 0.29) is 11.9 Å². The predicted octanol–water partition coefficient (Wildman–Crippen LogP) is 4.96. The van der Waals surface area contributed by atoms with Gasteiger partial charge in [0.1, 0.15) is 5.00 Å². The van der Waals surface area contributed by atoms with Crippen molar-refractivity contribution < 1.29 is 14.3 Å². The number of hydrogen-bond donors (Lipinski definition) is 1. The molecule has 1 amide bonds. The van der Waals surface area contributed by atoms with Crippen LogP contribution in [0.5, 0.6) is 0 Å². The molecule has 1 aromatic rings. The molecule has 24 heavy (non-hydrogen) atoms. The number of esters is 1. The Bertz CT molecular complexity index is 579. The fraction of sp³-hybridized carbons (Fsp3) is 0.684. The third kappa shape index (κ3) is 4.59. The van der Waals surface area contributed by atoms with E-state index in [1.165, 1.54) is 17.7 Å². The van der Waals surface area contributed by atoms with E-state index in [4.69, 9.17) is 4.74 Å². The minimum absolute atomic E-state index is 0.00824. The highest BCUT2D eigenvalue weighted by atomic mass is 32.1. The summed E-state index contributed by atoms with van der Waals surface area (Å²) in [5.41, 5.74) is 1.72. The quantitative estimate of drug-likeness (QED) is 0.674. The molecule has 1 N–H and O–H groups in total. The van der Waals surface area contributed by atoms with Gasteiger partial charge in [-0.2, -0.15) is 0 Å². The number of thiophene rings is 1. The van der Waals surface area contributed by atoms with Crippen LogP contribution in [0.3, 0.4) is 0 Å². The van der Waals surface area contributed by atoms with Crippen molar-refractivity contribution in [3.05, 3.63) is 16.0 Å². The molecule has 4 nitrogen and oxygen atoms in total. The molecular weight excluding hydrogens is 322 g/mol. The number of ether oxygens (including phenoxy) is 1. The molecule has 0 saturated carbocycles. The van der Waals surface area contributed by atoms with Crippen molar-refractivity contribution in [1.29, 1.82) is 0 Å². The highest BCUT2D eigenvalue weighted by Gasteiger charge is 2.29. The Morgan fingerprint density at radius 1 is 1.25 bits per heavy atom. The third-order valence-electron chi connectivity index (χ3n) is 4.55. The third-order valence-corrected chi connectivity index (χ3v) is 5.72. The van der Waals surface area contributed by atoms with Crippen molar-refractivity contribution in [1.82, 2.24) is 0 Å². The maximum absolute atomic E-state index is 12.4. The van der Waals surface area contributed by atoms with Gasteiger partial charge in [0.15, 0.2) is 0 Å². The van der Waals surface area contributed by atoms with Gasteiger partial charge in [0.2, 0.25) is 5.91 Å². The number of fused-ring (bicyclic) bond motifs is 1. The largest absolute Gasteiger partial charge is 0.462 e. The summed E-state index contributed by atoms with van der Waals surface area (Å²) >= 11 is 1.57. The number of anilines is 1. The molecule has 0 spiro atoms. The topological polar surface area (TPSA) is 55.4 Å². The SMILES string of the molecule is CCCCC(=O)Nc1sc2c(c1C(=O)OCC)CC[C@H](CCC)C2. The molecule has 1 heterocycles. The van der Waals surface area contributed by atoms with Gasteiger partial charge in [0.05, 0.1) is 12.2 Å². The molecule has 0 aliphatic heterocycles. The summed E-state index contributed by atoms with van der Waals surface area (Å²) in [6.45, 7) is 6.45. The first kappa shape index (κ1) is 19.0. The minimum Gasteiger partial charge on any atom is -0.462 e. The van der Waals surface area contributed by atoms with Crippen LogP contribution >= 0.6 is 11.3 Å². The van der Waals surface area contributed by atoms with E-state index in [1.807, 2.05) is 6.92 Å². The molecule has 2 rings (SSSR count). The van der Waals surface area contributed by atoms with E-state index in [0.29, 0.717) is 29.5 Å². The average molecular weight is 352 g/mol. The van der Waals surface area contributed by atoms with Crippen LogP contribution in [0.25, 0.3) is 0 Å². The minimum atomic E-state index is -0.297. The van der Waals surface area contributed by atoms with Crippen molar-refractivity contribution in [3.63, 3.8) is 0 Å². The summed E-state index contributed by atoms with van der Waals surface area (Å²) in [5, 5.41) is 3.66. The molecule has 1 atom stereocenters. The number of carbonyl (C=O) groups is 2. The smallest absolute Gasteiger partial charge is 0.341 e. The molecule has 0 aromatic carbocycles. The fourth-order valence-electron chi connectivity index (χ4n) is 3.34. The number of carbonyl (C=O) groups excluding carboxylic acids is 2.